The standard InChI is InChI=1S/C16H17NO2/c1-13(18)15-4-6-16(7-5-15)19-12-2-3-14-8-10-17-11-9-14/h4-11H,2-3,12H2,1H3. The highest BCUT2D eigenvalue weighted by Crippen LogP contribution is 2.13. The third-order valence-electron chi connectivity index (χ3n) is 2.89. The molecule has 0 aliphatic rings. The molecule has 0 spiro atoms. The van der Waals surface area contributed by atoms with Gasteiger partial charge in [0, 0.05) is 18.0 Å². The lowest BCUT2D eigenvalue weighted by molar-refractivity contribution is 0.101. The minimum atomic E-state index is 0.0734. The number of Topliss-reactive ketones (excluding diaryl/α,β-unsaturated/α-hetero) is 1. The van der Waals surface area contributed by atoms with Gasteiger partial charge >= 0.3 is 0 Å². The van der Waals surface area contributed by atoms with Crippen molar-refractivity contribution in [3.05, 3.63) is 59.9 Å². The molecule has 0 saturated carbocycles. The van der Waals surface area contributed by atoms with E-state index in [2.05, 4.69) is 4.98 Å². The van der Waals surface area contributed by atoms with E-state index in [0.717, 1.165) is 18.6 Å². The van der Waals surface area contributed by atoms with Gasteiger partial charge in [0.25, 0.3) is 0 Å². The lowest BCUT2D eigenvalue weighted by Gasteiger charge is -2.06. The molecule has 0 saturated heterocycles. The third kappa shape index (κ3) is 4.21. The van der Waals surface area contributed by atoms with Gasteiger partial charge in [-0.1, -0.05) is 0 Å². The molecule has 0 atom stereocenters. The van der Waals surface area contributed by atoms with Crippen LogP contribution in [0.5, 0.6) is 5.75 Å². The molecular weight excluding hydrogens is 238 g/mol. The van der Waals surface area contributed by atoms with E-state index in [1.54, 1.807) is 31.5 Å². The van der Waals surface area contributed by atoms with Crippen LogP contribution >= 0.6 is 0 Å². The second-order valence-electron chi connectivity index (χ2n) is 4.39. The van der Waals surface area contributed by atoms with E-state index in [0.29, 0.717) is 12.2 Å². The van der Waals surface area contributed by atoms with E-state index in [9.17, 15) is 4.79 Å². The van der Waals surface area contributed by atoms with Crippen molar-refractivity contribution in [3.8, 4) is 5.75 Å². The fourth-order valence-electron chi connectivity index (χ4n) is 1.80. The van der Waals surface area contributed by atoms with Crippen molar-refractivity contribution in [2.24, 2.45) is 0 Å². The second kappa shape index (κ2) is 6.69. The normalized spacial score (nSPS) is 10.2. The summed E-state index contributed by atoms with van der Waals surface area (Å²) in [6.07, 6.45) is 5.54. The van der Waals surface area contributed by atoms with Crippen LogP contribution < -0.4 is 4.74 Å². The smallest absolute Gasteiger partial charge is 0.159 e. The van der Waals surface area contributed by atoms with Gasteiger partial charge in [-0.05, 0) is 61.7 Å². The van der Waals surface area contributed by atoms with E-state index in [4.69, 9.17) is 4.74 Å². The number of ether oxygens (including phenoxy) is 1. The molecule has 2 rings (SSSR count). The molecule has 2 aromatic rings. The first-order valence-electron chi connectivity index (χ1n) is 6.38. The van der Waals surface area contributed by atoms with Gasteiger partial charge < -0.3 is 4.74 Å². The Morgan fingerprint density at radius 2 is 1.79 bits per heavy atom. The van der Waals surface area contributed by atoms with Crippen LogP contribution in [0, 0.1) is 0 Å². The van der Waals surface area contributed by atoms with Gasteiger partial charge in [-0.15, -0.1) is 0 Å². The Labute approximate surface area is 113 Å². The quantitative estimate of drug-likeness (QED) is 0.587. The van der Waals surface area contributed by atoms with Crippen LogP contribution in [0.25, 0.3) is 0 Å². The molecule has 0 fully saturated rings. The van der Waals surface area contributed by atoms with Crippen LogP contribution in [0.2, 0.25) is 0 Å². The van der Waals surface area contributed by atoms with Crippen LogP contribution in [0.3, 0.4) is 0 Å². The predicted octanol–water partition coefficient (Wildman–Crippen LogP) is 3.30. The van der Waals surface area contributed by atoms with Crippen LogP contribution in [0.1, 0.15) is 29.3 Å². The van der Waals surface area contributed by atoms with Gasteiger partial charge in [-0.3, -0.25) is 9.78 Å². The molecule has 19 heavy (non-hydrogen) atoms. The van der Waals surface area contributed by atoms with Crippen molar-refractivity contribution in [1.29, 1.82) is 0 Å². The SMILES string of the molecule is CC(=O)c1ccc(OCCCc2ccncc2)cc1. The van der Waals surface area contributed by atoms with E-state index in [1.807, 2.05) is 24.3 Å². The highest BCUT2D eigenvalue weighted by atomic mass is 16.5. The summed E-state index contributed by atoms with van der Waals surface area (Å²) in [6, 6.07) is 11.3. The van der Waals surface area contributed by atoms with Gasteiger partial charge in [0.2, 0.25) is 0 Å². The number of carbonyl (C=O) groups excluding carboxylic acids is 1. The molecule has 1 aromatic heterocycles. The number of aromatic nitrogens is 1. The Hall–Kier alpha value is -2.16. The lowest BCUT2D eigenvalue weighted by Crippen LogP contribution is -2.00. The number of pyridine rings is 1. The van der Waals surface area contributed by atoms with Crippen molar-refractivity contribution < 1.29 is 9.53 Å². The minimum Gasteiger partial charge on any atom is -0.494 e. The first-order valence-corrected chi connectivity index (χ1v) is 6.38. The number of hydrogen-bond donors (Lipinski definition) is 0. The monoisotopic (exact) mass is 255 g/mol. The van der Waals surface area contributed by atoms with Crippen LogP contribution in [0.15, 0.2) is 48.8 Å². The highest BCUT2D eigenvalue weighted by molar-refractivity contribution is 5.94. The molecule has 0 N–H and O–H groups in total. The molecule has 3 heteroatoms. The van der Waals surface area contributed by atoms with Crippen molar-refractivity contribution in [2.75, 3.05) is 6.61 Å². The van der Waals surface area contributed by atoms with E-state index in [1.165, 1.54) is 5.56 Å². The molecule has 98 valence electrons. The fourth-order valence-corrected chi connectivity index (χ4v) is 1.80. The summed E-state index contributed by atoms with van der Waals surface area (Å²) in [6.45, 7) is 2.23. The maximum absolute atomic E-state index is 11.1. The van der Waals surface area contributed by atoms with Crippen molar-refractivity contribution >= 4 is 5.78 Å². The molecule has 0 unspecified atom stereocenters. The Kier molecular flexibility index (Phi) is 4.67. The number of hydrogen-bond acceptors (Lipinski definition) is 3. The lowest BCUT2D eigenvalue weighted by atomic mass is 10.1. The van der Waals surface area contributed by atoms with Gasteiger partial charge in [-0.25, -0.2) is 0 Å². The summed E-state index contributed by atoms with van der Waals surface area (Å²) >= 11 is 0. The summed E-state index contributed by atoms with van der Waals surface area (Å²) in [5, 5.41) is 0. The fraction of sp³-hybridized carbons (Fsp3) is 0.250. The van der Waals surface area contributed by atoms with Gasteiger partial charge in [0.1, 0.15) is 5.75 Å². The van der Waals surface area contributed by atoms with E-state index >= 15 is 0 Å². The molecule has 0 radical (unpaired) electrons. The number of benzene rings is 1. The average Bonchev–Trinajstić information content (AvgIpc) is 2.45. The first kappa shape index (κ1) is 13.3. The molecular formula is C16H17NO2. The van der Waals surface area contributed by atoms with Crippen LogP contribution in [-0.2, 0) is 6.42 Å². The summed E-state index contributed by atoms with van der Waals surface area (Å²) in [7, 11) is 0. The Morgan fingerprint density at radius 3 is 2.42 bits per heavy atom. The molecule has 0 amide bonds. The predicted molar refractivity (Wildman–Crippen MR) is 74.5 cm³/mol. The van der Waals surface area contributed by atoms with E-state index < -0.39 is 0 Å². The number of carbonyl (C=O) groups is 1. The summed E-state index contributed by atoms with van der Waals surface area (Å²) in [4.78, 5) is 15.1. The molecule has 1 aromatic carbocycles. The van der Waals surface area contributed by atoms with Gasteiger partial charge in [-0.2, -0.15) is 0 Å². The third-order valence-corrected chi connectivity index (χ3v) is 2.89. The Balaban J connectivity index is 1.75. The molecule has 3 nitrogen and oxygen atoms in total. The summed E-state index contributed by atoms with van der Waals surface area (Å²) in [5.41, 5.74) is 1.98. The van der Waals surface area contributed by atoms with Crippen molar-refractivity contribution in [2.45, 2.75) is 19.8 Å². The topological polar surface area (TPSA) is 39.2 Å². The highest BCUT2D eigenvalue weighted by Gasteiger charge is 1.99. The zero-order chi connectivity index (χ0) is 13.5. The van der Waals surface area contributed by atoms with Crippen LogP contribution in [-0.4, -0.2) is 17.4 Å². The average molecular weight is 255 g/mol. The summed E-state index contributed by atoms with van der Waals surface area (Å²) < 4.78 is 5.64. The largest absolute Gasteiger partial charge is 0.494 e. The number of aryl methyl sites for hydroxylation is 1. The minimum absolute atomic E-state index is 0.0734. The number of nitrogens with zero attached hydrogens (tertiary/aromatic N) is 1. The zero-order valence-electron chi connectivity index (χ0n) is 11.0. The Bertz CT molecular complexity index is 520. The maximum Gasteiger partial charge on any atom is 0.159 e. The number of rotatable bonds is 6. The molecule has 0 aliphatic carbocycles. The van der Waals surface area contributed by atoms with E-state index in [-0.39, 0.29) is 5.78 Å². The Morgan fingerprint density at radius 1 is 1.11 bits per heavy atom. The van der Waals surface area contributed by atoms with Gasteiger partial charge in [0.05, 0.1) is 6.61 Å². The molecule has 1 heterocycles. The van der Waals surface area contributed by atoms with Crippen LogP contribution in [0.4, 0.5) is 0 Å². The van der Waals surface area contributed by atoms with Crippen molar-refractivity contribution in [1.82, 2.24) is 4.98 Å². The van der Waals surface area contributed by atoms with Crippen molar-refractivity contribution in [3.63, 3.8) is 0 Å². The number of ketones is 1. The molecule has 0 aliphatic heterocycles. The molecule has 0 bridgehead atoms. The maximum atomic E-state index is 11.1. The zero-order valence-corrected chi connectivity index (χ0v) is 11.0. The second-order valence-corrected chi connectivity index (χ2v) is 4.39. The first-order chi connectivity index (χ1) is 9.25. The summed E-state index contributed by atoms with van der Waals surface area (Å²) in [5.74, 6) is 0.879. The van der Waals surface area contributed by atoms with Gasteiger partial charge in [0.15, 0.2) is 5.78 Å².